The van der Waals surface area contributed by atoms with E-state index in [4.69, 9.17) is 0 Å². The van der Waals surface area contributed by atoms with Gasteiger partial charge >= 0.3 is 0 Å². The van der Waals surface area contributed by atoms with Gasteiger partial charge in [0.05, 0.1) is 23.9 Å². The molecule has 9 heteroatoms. The van der Waals surface area contributed by atoms with Crippen molar-refractivity contribution in [3.63, 3.8) is 0 Å². The summed E-state index contributed by atoms with van der Waals surface area (Å²) in [6, 6.07) is 13.0. The Kier molecular flexibility index (Phi) is 7.68. The van der Waals surface area contributed by atoms with Crippen LogP contribution in [0.2, 0.25) is 0 Å². The number of hydrogen-bond donors (Lipinski definition) is 0. The molecule has 142 valence electrons. The molecular formula is C18H19N3O4S2. The van der Waals surface area contributed by atoms with Gasteiger partial charge in [-0.3, -0.25) is 20.2 Å². The Morgan fingerprint density at radius 2 is 1.30 bits per heavy atom. The van der Waals surface area contributed by atoms with E-state index in [9.17, 15) is 20.2 Å². The average Bonchev–Trinajstić information content (AvgIpc) is 2.66. The Labute approximate surface area is 165 Å². The van der Waals surface area contributed by atoms with Gasteiger partial charge in [-0.25, -0.2) is 0 Å². The first-order valence-electron chi connectivity index (χ1n) is 8.24. The zero-order chi connectivity index (χ0) is 19.8. The summed E-state index contributed by atoms with van der Waals surface area (Å²) in [6.45, 7) is 5.52. The highest BCUT2D eigenvalue weighted by atomic mass is 32.2. The normalized spacial score (nSPS) is 10.3. The maximum atomic E-state index is 11.3. The number of nitro benzene ring substituents is 2. The molecule has 0 aromatic heterocycles. The van der Waals surface area contributed by atoms with Crippen LogP contribution in [0, 0.1) is 20.2 Å². The molecule has 0 unspecified atom stereocenters. The second kappa shape index (κ2) is 9.98. The average molecular weight is 406 g/mol. The van der Waals surface area contributed by atoms with Crippen molar-refractivity contribution in [3.8, 4) is 0 Å². The Morgan fingerprint density at radius 1 is 0.889 bits per heavy atom. The van der Waals surface area contributed by atoms with Crippen LogP contribution in [-0.2, 0) is 0 Å². The van der Waals surface area contributed by atoms with E-state index in [-0.39, 0.29) is 11.4 Å². The van der Waals surface area contributed by atoms with E-state index in [0.717, 1.165) is 17.3 Å². The maximum absolute atomic E-state index is 11.3. The molecule has 2 aromatic carbocycles. The molecule has 0 heterocycles. The summed E-state index contributed by atoms with van der Waals surface area (Å²) < 4.78 is 0.724. The van der Waals surface area contributed by atoms with Crippen molar-refractivity contribution < 1.29 is 9.85 Å². The van der Waals surface area contributed by atoms with Crippen molar-refractivity contribution in [1.82, 2.24) is 4.90 Å². The molecule has 0 saturated heterocycles. The van der Waals surface area contributed by atoms with E-state index in [1.54, 1.807) is 36.4 Å². The predicted octanol–water partition coefficient (Wildman–Crippen LogP) is 5.53. The zero-order valence-corrected chi connectivity index (χ0v) is 16.5. The topological polar surface area (TPSA) is 89.5 Å². The van der Waals surface area contributed by atoms with Crippen LogP contribution in [0.25, 0.3) is 0 Å². The summed E-state index contributed by atoms with van der Waals surface area (Å²) in [7, 11) is 0. The quantitative estimate of drug-likeness (QED) is 0.308. The highest BCUT2D eigenvalue weighted by Crippen LogP contribution is 2.44. The van der Waals surface area contributed by atoms with Crippen LogP contribution >= 0.6 is 23.5 Å². The molecule has 0 atom stereocenters. The first-order valence-corrected chi connectivity index (χ1v) is 9.88. The third-order valence-corrected chi connectivity index (χ3v) is 5.89. The van der Waals surface area contributed by atoms with Gasteiger partial charge in [-0.05, 0) is 26.0 Å². The lowest BCUT2D eigenvalue weighted by Gasteiger charge is -2.18. The molecule has 0 amide bonds. The van der Waals surface area contributed by atoms with Gasteiger partial charge in [-0.2, -0.15) is 0 Å². The summed E-state index contributed by atoms with van der Waals surface area (Å²) >= 11 is 2.47. The van der Waals surface area contributed by atoms with E-state index in [1.165, 1.54) is 35.7 Å². The van der Waals surface area contributed by atoms with E-state index >= 15 is 0 Å². The van der Waals surface area contributed by atoms with Gasteiger partial charge < -0.3 is 4.90 Å². The summed E-state index contributed by atoms with van der Waals surface area (Å²) in [5.74, 6) is 0. The van der Waals surface area contributed by atoms with E-state index in [1.807, 2.05) is 24.9 Å². The van der Waals surface area contributed by atoms with Crippen molar-refractivity contribution in [2.24, 2.45) is 0 Å². The summed E-state index contributed by atoms with van der Waals surface area (Å²) in [6.07, 6.45) is 1.89. The number of para-hydroxylation sites is 2. The fourth-order valence-electron chi connectivity index (χ4n) is 2.23. The number of nitro groups is 2. The van der Waals surface area contributed by atoms with E-state index in [0.29, 0.717) is 9.79 Å². The highest BCUT2D eigenvalue weighted by molar-refractivity contribution is 8.22. The van der Waals surface area contributed by atoms with Crippen LogP contribution in [0.3, 0.4) is 0 Å². The molecule has 0 spiro atoms. The van der Waals surface area contributed by atoms with Crippen molar-refractivity contribution in [1.29, 1.82) is 0 Å². The molecule has 0 aliphatic heterocycles. The molecule has 0 aliphatic carbocycles. The molecule has 0 N–H and O–H groups in total. The van der Waals surface area contributed by atoms with Gasteiger partial charge in [0.25, 0.3) is 11.4 Å². The molecule has 0 bridgehead atoms. The van der Waals surface area contributed by atoms with Gasteiger partial charge in [-0.15, -0.1) is 0 Å². The summed E-state index contributed by atoms with van der Waals surface area (Å²) in [4.78, 5) is 24.8. The molecule has 0 aliphatic rings. The third-order valence-electron chi connectivity index (χ3n) is 3.65. The van der Waals surface area contributed by atoms with Crippen molar-refractivity contribution >= 4 is 34.9 Å². The largest absolute Gasteiger partial charge is 0.377 e. The fourth-order valence-corrected chi connectivity index (χ4v) is 4.56. The second-order valence-corrected chi connectivity index (χ2v) is 7.75. The van der Waals surface area contributed by atoms with Gasteiger partial charge in [-0.1, -0.05) is 47.8 Å². The molecule has 7 nitrogen and oxygen atoms in total. The Balaban J connectivity index is 2.42. The number of thioether (sulfide) groups is 2. The minimum absolute atomic E-state index is 0.0103. The van der Waals surface area contributed by atoms with E-state index < -0.39 is 9.85 Å². The molecule has 27 heavy (non-hydrogen) atoms. The lowest BCUT2D eigenvalue weighted by atomic mass is 10.3. The lowest BCUT2D eigenvalue weighted by molar-refractivity contribution is -0.387. The van der Waals surface area contributed by atoms with Crippen LogP contribution < -0.4 is 0 Å². The van der Waals surface area contributed by atoms with Crippen molar-refractivity contribution in [2.75, 3.05) is 13.1 Å². The number of rotatable bonds is 9. The lowest BCUT2D eigenvalue weighted by Crippen LogP contribution is -2.15. The monoisotopic (exact) mass is 405 g/mol. The van der Waals surface area contributed by atoms with Gasteiger partial charge in [0.15, 0.2) is 0 Å². The maximum Gasteiger partial charge on any atom is 0.283 e. The highest BCUT2D eigenvalue weighted by Gasteiger charge is 2.19. The Morgan fingerprint density at radius 3 is 1.67 bits per heavy atom. The zero-order valence-electron chi connectivity index (χ0n) is 14.9. The second-order valence-electron chi connectivity index (χ2n) is 5.32. The Hall–Kier alpha value is -2.52. The fraction of sp³-hybridized carbons (Fsp3) is 0.222. The minimum atomic E-state index is -0.424. The molecular weight excluding hydrogens is 386 g/mol. The van der Waals surface area contributed by atoms with Crippen LogP contribution in [0.15, 0.2) is 68.8 Å². The van der Waals surface area contributed by atoms with Gasteiger partial charge in [0.1, 0.15) is 0 Å². The van der Waals surface area contributed by atoms with Gasteiger partial charge in [0.2, 0.25) is 0 Å². The summed E-state index contributed by atoms with van der Waals surface area (Å²) in [5.41, 5.74) is 0.0206. The van der Waals surface area contributed by atoms with Crippen LogP contribution in [0.5, 0.6) is 0 Å². The third kappa shape index (κ3) is 5.73. The standard InChI is InChI=1S/C18H19N3O4S2/c1-3-19(4-2)13-18(26-16-11-7-5-9-14(16)20(22)23)27-17-12-8-6-10-15(17)21(24)25/h5-13H,3-4H2,1-2H3. The SMILES string of the molecule is CCN(C=C(Sc1ccccc1[N+](=O)[O-])Sc1ccccc1[N+](=O)[O-])CC. The van der Waals surface area contributed by atoms with Crippen LogP contribution in [-0.4, -0.2) is 27.8 Å². The van der Waals surface area contributed by atoms with Gasteiger partial charge in [0, 0.05) is 31.4 Å². The summed E-state index contributed by atoms with van der Waals surface area (Å²) in [5, 5.41) is 22.6. The molecule has 0 fully saturated rings. The van der Waals surface area contributed by atoms with Crippen LogP contribution in [0.4, 0.5) is 11.4 Å². The molecule has 0 radical (unpaired) electrons. The number of hydrogen-bond acceptors (Lipinski definition) is 7. The molecule has 2 aromatic rings. The van der Waals surface area contributed by atoms with E-state index in [2.05, 4.69) is 0 Å². The minimum Gasteiger partial charge on any atom is -0.377 e. The number of nitrogens with zero attached hydrogens (tertiary/aromatic N) is 3. The first-order chi connectivity index (χ1) is 13.0. The smallest absolute Gasteiger partial charge is 0.283 e. The van der Waals surface area contributed by atoms with Crippen LogP contribution in [0.1, 0.15) is 13.8 Å². The Bertz CT molecular complexity index is 793. The number of benzene rings is 2. The van der Waals surface area contributed by atoms with Crippen molar-refractivity contribution in [3.05, 3.63) is 79.2 Å². The first kappa shape index (κ1) is 20.8. The molecule has 2 rings (SSSR count). The predicted molar refractivity (Wildman–Crippen MR) is 109 cm³/mol. The van der Waals surface area contributed by atoms with Crippen molar-refractivity contribution in [2.45, 2.75) is 23.6 Å². The molecule has 0 saturated carbocycles.